The molecule has 0 saturated carbocycles. The fourth-order valence-corrected chi connectivity index (χ4v) is 2.31. The van der Waals surface area contributed by atoms with Crippen LogP contribution in [0.1, 0.15) is 20.8 Å². The molecule has 0 aliphatic rings. The minimum atomic E-state index is -2.46. The molecule has 0 spiro atoms. The summed E-state index contributed by atoms with van der Waals surface area (Å²) in [4.78, 5) is 15.8. The number of hydrogen-bond acceptors (Lipinski definition) is 5. The quantitative estimate of drug-likeness (QED) is 0.929. The number of nitrogens with zero attached hydrogens (tertiary/aromatic N) is 3. The summed E-state index contributed by atoms with van der Waals surface area (Å²) in [6.07, 6.45) is -0.119. The predicted molar refractivity (Wildman–Crippen MR) is 79.2 cm³/mol. The van der Waals surface area contributed by atoms with Gasteiger partial charge in [0.1, 0.15) is 23.0 Å². The van der Waals surface area contributed by atoms with Gasteiger partial charge in [0.05, 0.1) is 6.20 Å². The van der Waals surface area contributed by atoms with Crippen LogP contribution in [0.4, 0.5) is 19.4 Å². The lowest BCUT2D eigenvalue weighted by molar-refractivity contribution is 0.0635. The van der Waals surface area contributed by atoms with Gasteiger partial charge < -0.3 is 4.74 Å². The SMILES string of the molecule is CC(C)(C)OC(=O)Nc1csc(-c2cnn(CC(F)F)c2)n1. The molecule has 6 nitrogen and oxygen atoms in total. The Balaban J connectivity index is 2.02. The van der Waals surface area contributed by atoms with Crippen LogP contribution >= 0.6 is 11.3 Å². The van der Waals surface area contributed by atoms with Crippen molar-refractivity contribution in [2.75, 3.05) is 5.32 Å². The molecule has 0 aliphatic carbocycles. The third kappa shape index (κ3) is 4.76. The average Bonchev–Trinajstić information content (AvgIpc) is 2.94. The number of carbonyl (C=O) groups excluding carboxylic acids is 1. The van der Waals surface area contributed by atoms with E-state index in [0.29, 0.717) is 16.4 Å². The number of anilines is 1. The van der Waals surface area contributed by atoms with Crippen molar-refractivity contribution >= 4 is 23.2 Å². The molecule has 9 heteroatoms. The molecule has 0 atom stereocenters. The zero-order valence-electron chi connectivity index (χ0n) is 12.3. The van der Waals surface area contributed by atoms with Crippen LogP contribution in [-0.4, -0.2) is 32.9 Å². The Hall–Kier alpha value is -2.03. The first-order chi connectivity index (χ1) is 10.2. The first-order valence-electron chi connectivity index (χ1n) is 6.49. The van der Waals surface area contributed by atoms with E-state index in [1.807, 2.05) is 0 Å². The van der Waals surface area contributed by atoms with Gasteiger partial charge in [0.2, 0.25) is 0 Å². The first kappa shape index (κ1) is 16.3. The minimum Gasteiger partial charge on any atom is -0.444 e. The normalized spacial score (nSPS) is 11.7. The molecule has 1 N–H and O–H groups in total. The van der Waals surface area contributed by atoms with Gasteiger partial charge in [-0.1, -0.05) is 0 Å². The number of alkyl halides is 2. The van der Waals surface area contributed by atoms with Gasteiger partial charge in [0, 0.05) is 17.1 Å². The Labute approximate surface area is 130 Å². The number of halogens is 2. The monoisotopic (exact) mass is 330 g/mol. The van der Waals surface area contributed by atoms with Gasteiger partial charge in [-0.15, -0.1) is 11.3 Å². The molecule has 0 aromatic carbocycles. The summed E-state index contributed by atoms with van der Waals surface area (Å²) in [5.41, 5.74) is 0.0159. The summed E-state index contributed by atoms with van der Waals surface area (Å²) in [6, 6.07) is 0. The second-order valence-electron chi connectivity index (χ2n) is 5.51. The van der Waals surface area contributed by atoms with Crippen molar-refractivity contribution in [3.63, 3.8) is 0 Å². The lowest BCUT2D eigenvalue weighted by Crippen LogP contribution is -2.27. The van der Waals surface area contributed by atoms with Gasteiger partial charge in [-0.25, -0.2) is 18.6 Å². The van der Waals surface area contributed by atoms with Crippen LogP contribution in [0.25, 0.3) is 10.6 Å². The van der Waals surface area contributed by atoms with Gasteiger partial charge in [0.15, 0.2) is 0 Å². The fourth-order valence-electron chi connectivity index (χ4n) is 1.59. The van der Waals surface area contributed by atoms with E-state index >= 15 is 0 Å². The van der Waals surface area contributed by atoms with E-state index in [2.05, 4.69) is 15.4 Å². The average molecular weight is 330 g/mol. The molecule has 120 valence electrons. The van der Waals surface area contributed by atoms with E-state index in [4.69, 9.17) is 4.74 Å². The van der Waals surface area contributed by atoms with Crippen LogP contribution in [0.2, 0.25) is 0 Å². The lowest BCUT2D eigenvalue weighted by atomic mass is 10.2. The Morgan fingerprint density at radius 3 is 2.86 bits per heavy atom. The molecule has 2 rings (SSSR count). The highest BCUT2D eigenvalue weighted by Gasteiger charge is 2.17. The van der Waals surface area contributed by atoms with E-state index < -0.39 is 24.7 Å². The van der Waals surface area contributed by atoms with Crippen LogP contribution in [0, 0.1) is 0 Å². The molecule has 0 saturated heterocycles. The Morgan fingerprint density at radius 1 is 1.50 bits per heavy atom. The number of nitrogens with one attached hydrogen (secondary N) is 1. The van der Waals surface area contributed by atoms with Crippen LogP contribution < -0.4 is 5.32 Å². The van der Waals surface area contributed by atoms with Gasteiger partial charge in [0.25, 0.3) is 6.43 Å². The third-order valence-electron chi connectivity index (χ3n) is 2.34. The molecule has 0 unspecified atom stereocenters. The van der Waals surface area contributed by atoms with E-state index in [1.54, 1.807) is 26.2 Å². The Kier molecular flexibility index (Phi) is 4.74. The molecule has 2 heterocycles. The van der Waals surface area contributed by atoms with Gasteiger partial charge in [-0.05, 0) is 20.8 Å². The molecule has 0 bridgehead atoms. The minimum absolute atomic E-state index is 0.343. The summed E-state index contributed by atoms with van der Waals surface area (Å²) < 4.78 is 30.8. The zero-order chi connectivity index (χ0) is 16.3. The van der Waals surface area contributed by atoms with E-state index in [9.17, 15) is 13.6 Å². The predicted octanol–water partition coefficient (Wildman–Crippen LogP) is 3.62. The summed E-state index contributed by atoms with van der Waals surface area (Å²) in [7, 11) is 0. The molecule has 2 aromatic heterocycles. The van der Waals surface area contributed by atoms with Crippen molar-refractivity contribution in [2.45, 2.75) is 39.3 Å². The summed E-state index contributed by atoms with van der Waals surface area (Å²) >= 11 is 1.27. The standard InChI is InChI=1S/C13H16F2N4O2S/c1-13(2,3)21-12(20)18-10-7-22-11(17-10)8-4-16-19(5-8)6-9(14)15/h4-5,7,9H,6H2,1-3H3,(H,18,20). The van der Waals surface area contributed by atoms with Gasteiger partial charge in [-0.3, -0.25) is 10.00 Å². The van der Waals surface area contributed by atoms with Gasteiger partial charge >= 0.3 is 6.09 Å². The Morgan fingerprint density at radius 2 is 2.23 bits per heavy atom. The van der Waals surface area contributed by atoms with Crippen LogP contribution in [-0.2, 0) is 11.3 Å². The number of carbonyl (C=O) groups is 1. The highest BCUT2D eigenvalue weighted by Crippen LogP contribution is 2.25. The number of thiazole rings is 1. The number of hydrogen-bond donors (Lipinski definition) is 1. The third-order valence-corrected chi connectivity index (χ3v) is 3.23. The second kappa shape index (κ2) is 6.39. The van der Waals surface area contributed by atoms with Crippen molar-refractivity contribution < 1.29 is 18.3 Å². The summed E-state index contributed by atoms with van der Waals surface area (Å²) in [5, 5.41) is 8.58. The van der Waals surface area contributed by atoms with Crippen molar-refractivity contribution in [3.8, 4) is 10.6 Å². The maximum Gasteiger partial charge on any atom is 0.413 e. The molecule has 2 aromatic rings. The molecule has 1 amide bonds. The number of ether oxygens (including phenoxy) is 1. The maximum absolute atomic E-state index is 12.3. The van der Waals surface area contributed by atoms with Crippen molar-refractivity contribution in [2.24, 2.45) is 0 Å². The van der Waals surface area contributed by atoms with Crippen molar-refractivity contribution in [1.29, 1.82) is 0 Å². The molecule has 0 fully saturated rings. The molecular weight excluding hydrogens is 314 g/mol. The maximum atomic E-state index is 12.3. The topological polar surface area (TPSA) is 69.0 Å². The van der Waals surface area contributed by atoms with E-state index in [-0.39, 0.29) is 0 Å². The van der Waals surface area contributed by atoms with Crippen molar-refractivity contribution in [3.05, 3.63) is 17.8 Å². The van der Waals surface area contributed by atoms with E-state index in [1.165, 1.54) is 23.7 Å². The first-order valence-corrected chi connectivity index (χ1v) is 7.37. The van der Waals surface area contributed by atoms with Crippen molar-refractivity contribution in [1.82, 2.24) is 14.8 Å². The van der Waals surface area contributed by atoms with Crippen LogP contribution in [0.15, 0.2) is 17.8 Å². The lowest BCUT2D eigenvalue weighted by Gasteiger charge is -2.19. The van der Waals surface area contributed by atoms with Crippen LogP contribution in [0.5, 0.6) is 0 Å². The number of amides is 1. The van der Waals surface area contributed by atoms with Gasteiger partial charge in [-0.2, -0.15) is 5.10 Å². The summed E-state index contributed by atoms with van der Waals surface area (Å²) in [6.45, 7) is 4.82. The zero-order valence-corrected chi connectivity index (χ0v) is 13.2. The second-order valence-corrected chi connectivity index (χ2v) is 6.37. The molecular formula is C13H16F2N4O2S. The fraction of sp³-hybridized carbons (Fsp3) is 0.462. The highest BCUT2D eigenvalue weighted by molar-refractivity contribution is 7.13. The highest BCUT2D eigenvalue weighted by atomic mass is 32.1. The summed E-state index contributed by atoms with van der Waals surface area (Å²) in [5.74, 6) is 0.343. The van der Waals surface area contributed by atoms with E-state index in [0.717, 1.165) is 4.68 Å². The number of rotatable bonds is 4. The molecule has 0 aliphatic heterocycles. The molecule has 0 radical (unpaired) electrons. The Bertz CT molecular complexity index is 649. The largest absolute Gasteiger partial charge is 0.444 e. The number of aromatic nitrogens is 3. The molecule has 22 heavy (non-hydrogen) atoms. The van der Waals surface area contributed by atoms with Crippen LogP contribution in [0.3, 0.4) is 0 Å². The smallest absolute Gasteiger partial charge is 0.413 e.